The second kappa shape index (κ2) is 8.93. The number of nitrogens with zero attached hydrogens (tertiary/aromatic N) is 2. The molecule has 0 N–H and O–H groups in total. The summed E-state index contributed by atoms with van der Waals surface area (Å²) in [5.74, 6) is 0.447. The van der Waals surface area contributed by atoms with Crippen LogP contribution >= 0.6 is 0 Å². The Morgan fingerprint density at radius 2 is 1.41 bits per heavy atom. The third-order valence-corrected chi connectivity index (χ3v) is 7.50. The minimum atomic E-state index is -0.776. The molecule has 0 bridgehead atoms. The lowest BCUT2D eigenvalue weighted by Gasteiger charge is -2.56. The molecular weight excluding hydrogens is 460 g/mol. The Morgan fingerprint density at radius 3 is 2.08 bits per heavy atom. The SMILES string of the molecule is Cc1ccc([C@@]23C[C@H](C)N(C(=O)c4ccccc4)c4ccccc4N2C(=O)[C@@H]3Oc2ccccc2)cc1. The summed E-state index contributed by atoms with van der Waals surface area (Å²) < 4.78 is 6.42. The Morgan fingerprint density at radius 1 is 0.811 bits per heavy atom. The van der Waals surface area contributed by atoms with Crippen molar-refractivity contribution in [3.05, 3.63) is 126 Å². The molecule has 0 unspecified atom stereocenters. The Labute approximate surface area is 216 Å². The monoisotopic (exact) mass is 488 g/mol. The van der Waals surface area contributed by atoms with Crippen LogP contribution in [0.25, 0.3) is 0 Å². The number of fused-ring (bicyclic) bond motifs is 3. The highest BCUT2D eigenvalue weighted by Gasteiger charge is 2.66. The van der Waals surface area contributed by atoms with E-state index in [1.165, 1.54) is 0 Å². The first-order valence-electron chi connectivity index (χ1n) is 12.6. The zero-order valence-corrected chi connectivity index (χ0v) is 20.9. The third kappa shape index (κ3) is 3.61. The van der Waals surface area contributed by atoms with Gasteiger partial charge in [-0.3, -0.25) is 14.5 Å². The van der Waals surface area contributed by atoms with Crippen LogP contribution in [0.4, 0.5) is 11.4 Å². The van der Waals surface area contributed by atoms with Crippen LogP contribution in [0.2, 0.25) is 0 Å². The largest absolute Gasteiger partial charge is 0.478 e. The number of carbonyl (C=O) groups is 2. The van der Waals surface area contributed by atoms with Gasteiger partial charge in [-0.2, -0.15) is 0 Å². The van der Waals surface area contributed by atoms with Crippen molar-refractivity contribution < 1.29 is 14.3 Å². The molecule has 0 aromatic heterocycles. The van der Waals surface area contributed by atoms with Crippen LogP contribution in [0.5, 0.6) is 5.75 Å². The molecular formula is C32H28N2O3. The molecule has 1 fully saturated rings. The molecule has 0 spiro atoms. The number of amides is 2. The van der Waals surface area contributed by atoms with Gasteiger partial charge in [0, 0.05) is 18.0 Å². The summed E-state index contributed by atoms with van der Waals surface area (Å²) in [4.78, 5) is 31.5. The summed E-state index contributed by atoms with van der Waals surface area (Å²) in [7, 11) is 0. The highest BCUT2D eigenvalue weighted by molar-refractivity contribution is 6.14. The van der Waals surface area contributed by atoms with E-state index in [0.717, 1.165) is 22.5 Å². The van der Waals surface area contributed by atoms with Gasteiger partial charge >= 0.3 is 0 Å². The van der Waals surface area contributed by atoms with Gasteiger partial charge in [-0.05, 0) is 55.8 Å². The summed E-state index contributed by atoms with van der Waals surface area (Å²) in [6, 6.07) is 34.6. The van der Waals surface area contributed by atoms with Crippen molar-refractivity contribution in [3.63, 3.8) is 0 Å². The number of hydrogen-bond acceptors (Lipinski definition) is 3. The van der Waals surface area contributed by atoms with Gasteiger partial charge in [-0.15, -0.1) is 0 Å². The van der Waals surface area contributed by atoms with Crippen molar-refractivity contribution in [3.8, 4) is 5.75 Å². The quantitative estimate of drug-likeness (QED) is 0.325. The highest BCUT2D eigenvalue weighted by Crippen LogP contribution is 2.54. The second-order valence-corrected chi connectivity index (χ2v) is 9.86. The number of aryl methyl sites for hydroxylation is 1. The van der Waals surface area contributed by atoms with E-state index in [0.29, 0.717) is 17.7 Å². The Balaban J connectivity index is 1.53. The first-order chi connectivity index (χ1) is 18.0. The number of anilines is 2. The molecule has 4 aromatic rings. The summed E-state index contributed by atoms with van der Waals surface area (Å²) in [6.07, 6.45) is -0.202. The number of ether oxygens (including phenoxy) is 1. The van der Waals surface area contributed by atoms with E-state index in [2.05, 4.69) is 31.2 Å². The van der Waals surface area contributed by atoms with Gasteiger partial charge in [0.2, 0.25) is 6.10 Å². The van der Waals surface area contributed by atoms with Crippen LogP contribution in [-0.2, 0) is 10.3 Å². The predicted octanol–water partition coefficient (Wildman–Crippen LogP) is 6.12. The molecule has 6 rings (SSSR count). The zero-order chi connectivity index (χ0) is 25.6. The van der Waals surface area contributed by atoms with Crippen molar-refractivity contribution in [1.29, 1.82) is 0 Å². The summed E-state index contributed by atoms with van der Waals surface area (Å²) in [6.45, 7) is 4.10. The fourth-order valence-electron chi connectivity index (χ4n) is 5.79. The molecule has 2 heterocycles. The molecule has 37 heavy (non-hydrogen) atoms. The van der Waals surface area contributed by atoms with Gasteiger partial charge in [0.1, 0.15) is 11.3 Å². The average molecular weight is 489 g/mol. The van der Waals surface area contributed by atoms with Crippen molar-refractivity contribution in [2.75, 3.05) is 9.80 Å². The molecule has 2 aliphatic rings. The molecule has 5 nitrogen and oxygen atoms in total. The number of benzene rings is 4. The number of para-hydroxylation sites is 3. The van der Waals surface area contributed by atoms with Crippen LogP contribution in [-0.4, -0.2) is 24.0 Å². The van der Waals surface area contributed by atoms with Gasteiger partial charge in [-0.1, -0.05) is 78.4 Å². The van der Waals surface area contributed by atoms with Crippen LogP contribution in [0.3, 0.4) is 0 Å². The lowest BCUT2D eigenvalue weighted by Crippen LogP contribution is -2.75. The molecule has 0 radical (unpaired) electrons. The van der Waals surface area contributed by atoms with Gasteiger partial charge in [0.25, 0.3) is 11.8 Å². The molecule has 184 valence electrons. The molecule has 2 aliphatic heterocycles. The first-order valence-corrected chi connectivity index (χ1v) is 12.6. The lowest BCUT2D eigenvalue weighted by atomic mass is 9.70. The number of carbonyl (C=O) groups excluding carboxylic acids is 2. The third-order valence-electron chi connectivity index (χ3n) is 7.50. The van der Waals surface area contributed by atoms with Crippen molar-refractivity contribution in [2.24, 2.45) is 0 Å². The van der Waals surface area contributed by atoms with Crippen LogP contribution < -0.4 is 14.5 Å². The summed E-state index contributed by atoms with van der Waals surface area (Å²) >= 11 is 0. The zero-order valence-electron chi connectivity index (χ0n) is 20.9. The van der Waals surface area contributed by atoms with Crippen molar-refractivity contribution >= 4 is 23.2 Å². The number of hydrogen-bond donors (Lipinski definition) is 0. The molecule has 0 aliphatic carbocycles. The van der Waals surface area contributed by atoms with Crippen molar-refractivity contribution in [1.82, 2.24) is 0 Å². The average Bonchev–Trinajstić information content (AvgIpc) is 3.03. The van der Waals surface area contributed by atoms with E-state index in [1.807, 2.05) is 102 Å². The lowest BCUT2D eigenvalue weighted by molar-refractivity contribution is -0.142. The van der Waals surface area contributed by atoms with E-state index < -0.39 is 11.6 Å². The molecule has 1 saturated heterocycles. The molecule has 5 heteroatoms. The maximum atomic E-state index is 13.9. The van der Waals surface area contributed by atoms with E-state index in [4.69, 9.17) is 4.74 Å². The summed E-state index contributed by atoms with van der Waals surface area (Å²) in [5, 5.41) is 0. The summed E-state index contributed by atoms with van der Waals surface area (Å²) in [5.41, 5.74) is 3.41. The molecule has 4 aromatic carbocycles. The maximum absolute atomic E-state index is 13.9. The van der Waals surface area contributed by atoms with Crippen LogP contribution in [0, 0.1) is 6.92 Å². The normalized spacial score (nSPS) is 22.4. The highest BCUT2D eigenvalue weighted by atomic mass is 16.5. The van der Waals surface area contributed by atoms with E-state index in [-0.39, 0.29) is 17.9 Å². The molecule has 0 saturated carbocycles. The standard InChI is InChI=1S/C32H28N2O3/c1-22-17-19-25(20-18-22)32-21-23(2)33(30(35)24-11-5-3-6-12-24)27-15-9-10-16-28(27)34(32)31(36)29(32)37-26-13-7-4-8-14-26/h3-20,23,29H,21H2,1-2H3/t23-,29-,32+/m0/s1. The smallest absolute Gasteiger partial charge is 0.271 e. The van der Waals surface area contributed by atoms with Gasteiger partial charge in [-0.25, -0.2) is 0 Å². The van der Waals surface area contributed by atoms with E-state index in [1.54, 1.807) is 0 Å². The van der Waals surface area contributed by atoms with Gasteiger partial charge in [0.15, 0.2) is 0 Å². The van der Waals surface area contributed by atoms with Crippen LogP contribution in [0.1, 0.15) is 34.8 Å². The Bertz CT molecular complexity index is 1450. The minimum Gasteiger partial charge on any atom is -0.478 e. The topological polar surface area (TPSA) is 49.9 Å². The van der Waals surface area contributed by atoms with E-state index >= 15 is 0 Å². The number of β-lactam (4-membered cyclic amide) rings is 1. The molecule has 2 amide bonds. The number of rotatable bonds is 4. The predicted molar refractivity (Wildman–Crippen MR) is 145 cm³/mol. The maximum Gasteiger partial charge on any atom is 0.271 e. The second-order valence-electron chi connectivity index (χ2n) is 9.86. The fourth-order valence-corrected chi connectivity index (χ4v) is 5.79. The van der Waals surface area contributed by atoms with Crippen LogP contribution in [0.15, 0.2) is 109 Å². The Hall–Kier alpha value is -4.38. The first kappa shape index (κ1) is 23.0. The fraction of sp³-hybridized carbons (Fsp3) is 0.188. The molecule has 3 atom stereocenters. The Kier molecular flexibility index (Phi) is 5.56. The minimum absolute atomic E-state index is 0.0879. The van der Waals surface area contributed by atoms with Gasteiger partial charge < -0.3 is 9.64 Å². The van der Waals surface area contributed by atoms with E-state index in [9.17, 15) is 9.59 Å². The van der Waals surface area contributed by atoms with Gasteiger partial charge in [0.05, 0.1) is 11.4 Å². The van der Waals surface area contributed by atoms with Crippen molar-refractivity contribution in [2.45, 2.75) is 38.0 Å².